The van der Waals surface area contributed by atoms with Gasteiger partial charge < -0.3 is 9.31 Å². The van der Waals surface area contributed by atoms with Crippen LogP contribution in [0.5, 0.6) is 0 Å². The normalized spacial score (nSPS) is 26.9. The Kier molecular flexibility index (Phi) is 4.31. The fraction of sp³-hybridized carbons (Fsp3) is 0.625. The predicted octanol–water partition coefficient (Wildman–Crippen LogP) is 1.72. The van der Waals surface area contributed by atoms with Crippen molar-refractivity contribution in [1.82, 2.24) is 4.31 Å². The summed E-state index contributed by atoms with van der Waals surface area (Å²) < 4.78 is 51.4. The quantitative estimate of drug-likeness (QED) is 0.775. The number of alkyl halides is 1. The minimum absolute atomic E-state index is 0.0681. The maximum atomic E-state index is 13.3. The van der Waals surface area contributed by atoms with Crippen LogP contribution in [0.1, 0.15) is 34.1 Å². The van der Waals surface area contributed by atoms with Gasteiger partial charge in [0.05, 0.1) is 16.1 Å². The third kappa shape index (κ3) is 3.01. The van der Waals surface area contributed by atoms with Crippen LogP contribution in [-0.2, 0) is 19.3 Å². The van der Waals surface area contributed by atoms with Crippen LogP contribution < -0.4 is 5.46 Å². The van der Waals surface area contributed by atoms with Gasteiger partial charge >= 0.3 is 7.12 Å². The Morgan fingerprint density at radius 3 is 2.12 bits per heavy atom. The van der Waals surface area contributed by atoms with Gasteiger partial charge in [-0.15, -0.1) is 0 Å². The van der Waals surface area contributed by atoms with Crippen molar-refractivity contribution in [3.05, 3.63) is 24.3 Å². The number of halogens is 1. The fourth-order valence-electron chi connectivity index (χ4n) is 2.83. The summed E-state index contributed by atoms with van der Waals surface area (Å²) in [5.74, 6) is 0. The average molecular weight is 355 g/mol. The van der Waals surface area contributed by atoms with Crippen LogP contribution in [0, 0.1) is 0 Å². The molecular weight excluding hydrogens is 332 g/mol. The third-order valence-electron chi connectivity index (χ3n) is 5.14. The van der Waals surface area contributed by atoms with E-state index in [0.717, 1.165) is 5.46 Å². The summed E-state index contributed by atoms with van der Waals surface area (Å²) in [6.07, 6.45) is -0.825. The Morgan fingerprint density at radius 1 is 1.12 bits per heavy atom. The number of nitrogens with zero attached hydrogens (tertiary/aromatic N) is 1. The van der Waals surface area contributed by atoms with E-state index in [-0.39, 0.29) is 24.4 Å². The van der Waals surface area contributed by atoms with Gasteiger partial charge in [0, 0.05) is 13.1 Å². The van der Waals surface area contributed by atoms with Gasteiger partial charge in [0.1, 0.15) is 6.17 Å². The zero-order valence-electron chi connectivity index (χ0n) is 14.5. The molecule has 2 aliphatic heterocycles. The molecule has 0 amide bonds. The molecule has 132 valence electrons. The van der Waals surface area contributed by atoms with Crippen LogP contribution in [0.3, 0.4) is 0 Å². The first-order valence-corrected chi connectivity index (χ1v) is 9.57. The molecular formula is C16H23BFNO4S. The third-order valence-corrected chi connectivity index (χ3v) is 7.02. The molecule has 5 nitrogen and oxygen atoms in total. The van der Waals surface area contributed by atoms with E-state index in [1.54, 1.807) is 12.1 Å². The molecule has 0 aromatic heterocycles. The number of benzene rings is 1. The van der Waals surface area contributed by atoms with Crippen molar-refractivity contribution in [2.75, 3.05) is 13.1 Å². The van der Waals surface area contributed by atoms with E-state index >= 15 is 0 Å². The molecule has 1 unspecified atom stereocenters. The van der Waals surface area contributed by atoms with Gasteiger partial charge in [-0.3, -0.25) is 0 Å². The summed E-state index contributed by atoms with van der Waals surface area (Å²) in [7, 11) is -4.18. The van der Waals surface area contributed by atoms with Crippen molar-refractivity contribution >= 4 is 22.6 Å². The van der Waals surface area contributed by atoms with E-state index in [9.17, 15) is 12.8 Å². The Hall–Kier alpha value is -0.955. The van der Waals surface area contributed by atoms with Gasteiger partial charge in [0.2, 0.25) is 10.0 Å². The molecule has 0 aliphatic carbocycles. The Balaban J connectivity index is 1.80. The van der Waals surface area contributed by atoms with Crippen LogP contribution in [-0.4, -0.2) is 50.3 Å². The molecule has 0 radical (unpaired) electrons. The lowest BCUT2D eigenvalue weighted by atomic mass is 9.79. The molecule has 2 saturated heterocycles. The summed E-state index contributed by atoms with van der Waals surface area (Å²) >= 11 is 0. The Morgan fingerprint density at radius 2 is 1.67 bits per heavy atom. The van der Waals surface area contributed by atoms with Gasteiger partial charge in [-0.05, 0) is 51.7 Å². The van der Waals surface area contributed by atoms with Crippen LogP contribution in [0.2, 0.25) is 0 Å². The van der Waals surface area contributed by atoms with Crippen LogP contribution in [0.25, 0.3) is 0 Å². The molecule has 8 heteroatoms. The average Bonchev–Trinajstić information content (AvgIpc) is 3.01. The van der Waals surface area contributed by atoms with E-state index in [4.69, 9.17) is 9.31 Å². The van der Waals surface area contributed by atoms with Gasteiger partial charge in [-0.1, -0.05) is 12.1 Å². The molecule has 0 bridgehead atoms. The zero-order valence-corrected chi connectivity index (χ0v) is 15.3. The molecule has 2 heterocycles. The predicted molar refractivity (Wildman–Crippen MR) is 90.4 cm³/mol. The SMILES string of the molecule is CC1(C)OB(c2ccc(S(=O)(=O)N3CCC(F)C3)cc2)OC1(C)C. The minimum Gasteiger partial charge on any atom is -0.399 e. The van der Waals surface area contributed by atoms with Gasteiger partial charge in [0.15, 0.2) is 0 Å². The molecule has 0 saturated carbocycles. The molecule has 24 heavy (non-hydrogen) atoms. The van der Waals surface area contributed by atoms with Crippen molar-refractivity contribution in [1.29, 1.82) is 0 Å². The topological polar surface area (TPSA) is 55.8 Å². The molecule has 1 aromatic rings. The molecule has 1 atom stereocenters. The first-order valence-electron chi connectivity index (χ1n) is 8.13. The fourth-order valence-corrected chi connectivity index (χ4v) is 4.31. The van der Waals surface area contributed by atoms with Crippen molar-refractivity contribution in [2.24, 2.45) is 0 Å². The minimum atomic E-state index is -3.65. The van der Waals surface area contributed by atoms with E-state index in [2.05, 4.69) is 0 Å². The summed E-state index contributed by atoms with van der Waals surface area (Å²) in [6, 6.07) is 6.44. The van der Waals surface area contributed by atoms with Crippen LogP contribution >= 0.6 is 0 Å². The number of sulfonamides is 1. The molecule has 1 aromatic carbocycles. The lowest BCUT2D eigenvalue weighted by Gasteiger charge is -2.32. The van der Waals surface area contributed by atoms with Crippen LogP contribution in [0.4, 0.5) is 4.39 Å². The van der Waals surface area contributed by atoms with Gasteiger partial charge in [0.25, 0.3) is 0 Å². The Bertz CT molecular complexity index is 704. The van der Waals surface area contributed by atoms with Gasteiger partial charge in [-0.25, -0.2) is 12.8 Å². The maximum absolute atomic E-state index is 13.3. The Labute approximate surface area is 143 Å². The second-order valence-electron chi connectivity index (χ2n) is 7.41. The lowest BCUT2D eigenvalue weighted by Crippen LogP contribution is -2.41. The zero-order chi connectivity index (χ0) is 17.8. The van der Waals surface area contributed by atoms with Crippen molar-refractivity contribution < 1.29 is 22.1 Å². The van der Waals surface area contributed by atoms with Crippen molar-refractivity contribution in [3.8, 4) is 0 Å². The summed E-state index contributed by atoms with van der Waals surface area (Å²) in [4.78, 5) is 0.164. The van der Waals surface area contributed by atoms with Gasteiger partial charge in [-0.2, -0.15) is 4.31 Å². The van der Waals surface area contributed by atoms with Crippen molar-refractivity contribution in [2.45, 2.75) is 56.4 Å². The number of hydrogen-bond donors (Lipinski definition) is 0. The highest BCUT2D eigenvalue weighted by Gasteiger charge is 2.51. The van der Waals surface area contributed by atoms with E-state index in [1.165, 1.54) is 16.4 Å². The maximum Gasteiger partial charge on any atom is 0.494 e. The smallest absolute Gasteiger partial charge is 0.399 e. The van der Waals surface area contributed by atoms with Crippen molar-refractivity contribution in [3.63, 3.8) is 0 Å². The largest absolute Gasteiger partial charge is 0.494 e. The monoisotopic (exact) mass is 355 g/mol. The summed E-state index contributed by atoms with van der Waals surface area (Å²) in [5, 5.41) is 0. The molecule has 2 fully saturated rings. The summed E-state index contributed by atoms with van der Waals surface area (Å²) in [6.45, 7) is 8.02. The highest BCUT2D eigenvalue weighted by atomic mass is 32.2. The van der Waals surface area contributed by atoms with E-state index in [1.807, 2.05) is 27.7 Å². The number of rotatable bonds is 3. The van der Waals surface area contributed by atoms with E-state index < -0.39 is 34.5 Å². The first kappa shape index (κ1) is 17.9. The molecule has 0 spiro atoms. The number of hydrogen-bond acceptors (Lipinski definition) is 4. The lowest BCUT2D eigenvalue weighted by molar-refractivity contribution is 0.00578. The first-order chi connectivity index (χ1) is 11.0. The highest BCUT2D eigenvalue weighted by molar-refractivity contribution is 7.89. The van der Waals surface area contributed by atoms with Crippen LogP contribution in [0.15, 0.2) is 29.2 Å². The van der Waals surface area contributed by atoms with E-state index in [0.29, 0.717) is 0 Å². The molecule has 0 N–H and O–H groups in total. The summed E-state index contributed by atoms with van der Waals surface area (Å²) in [5.41, 5.74) is -0.139. The molecule has 3 rings (SSSR count). The molecule has 2 aliphatic rings. The highest BCUT2D eigenvalue weighted by Crippen LogP contribution is 2.36. The second-order valence-corrected chi connectivity index (χ2v) is 9.34. The second kappa shape index (κ2) is 5.80. The standard InChI is InChI=1S/C16H23BFNO4S/c1-15(2)16(3,4)23-17(22-15)12-5-7-14(8-6-12)24(20,21)19-10-9-13(18)11-19/h5-8,13H,9-11H2,1-4H3.